The molecule has 1 aromatic rings. The summed E-state index contributed by atoms with van der Waals surface area (Å²) in [6.45, 7) is 2.17. The molecule has 6 nitrogen and oxygen atoms in total. The molecule has 16 heavy (non-hydrogen) atoms. The molecule has 0 unspecified atom stereocenters. The number of hydrogen-bond donors (Lipinski definition) is 2. The van der Waals surface area contributed by atoms with Crippen LogP contribution in [0.15, 0.2) is 0 Å². The van der Waals surface area contributed by atoms with Crippen LogP contribution in [-0.2, 0) is 0 Å². The second-order valence-corrected chi connectivity index (χ2v) is 4.26. The molecule has 0 atom stereocenters. The van der Waals surface area contributed by atoms with Crippen LogP contribution in [0.3, 0.4) is 0 Å². The number of anilines is 2. The van der Waals surface area contributed by atoms with Crippen LogP contribution in [-0.4, -0.2) is 34.6 Å². The molecule has 0 amide bonds. The molecule has 0 aliphatic heterocycles. The van der Waals surface area contributed by atoms with E-state index in [2.05, 4.69) is 32.5 Å². The number of methoxy groups -OCH3 is 1. The van der Waals surface area contributed by atoms with E-state index in [1.54, 1.807) is 14.2 Å². The average Bonchev–Trinajstić information content (AvgIpc) is 2.26. The Morgan fingerprint density at radius 1 is 1.19 bits per heavy atom. The van der Waals surface area contributed by atoms with Gasteiger partial charge in [-0.15, -0.1) is 0 Å². The van der Waals surface area contributed by atoms with Gasteiger partial charge in [-0.3, -0.25) is 0 Å². The van der Waals surface area contributed by atoms with E-state index < -0.39 is 0 Å². The first kappa shape index (κ1) is 10.9. The minimum Gasteiger partial charge on any atom is -0.467 e. The lowest BCUT2D eigenvalue weighted by molar-refractivity contribution is 0.303. The fraction of sp³-hybridized carbons (Fsp3) is 0.700. The Kier molecular flexibility index (Phi) is 2.80. The number of nitrogens with zero attached hydrogens (tertiary/aromatic N) is 3. The van der Waals surface area contributed by atoms with Crippen LogP contribution in [0.4, 0.5) is 11.9 Å². The molecule has 0 bridgehead atoms. The van der Waals surface area contributed by atoms with Gasteiger partial charge >= 0.3 is 6.01 Å². The summed E-state index contributed by atoms with van der Waals surface area (Å²) in [4.78, 5) is 12.5. The standard InChI is InChI=1S/C10H17N5O/c1-10(5-4-6-10)15-8-12-7(11-2)13-9(14-8)16-3/h4-6H2,1-3H3,(H2,11,12,13,14,15). The highest BCUT2D eigenvalue weighted by Gasteiger charge is 2.32. The SMILES string of the molecule is CNc1nc(NC2(C)CCC2)nc(OC)n1. The lowest BCUT2D eigenvalue weighted by Crippen LogP contribution is -2.42. The summed E-state index contributed by atoms with van der Waals surface area (Å²) in [6.07, 6.45) is 3.55. The van der Waals surface area contributed by atoms with Gasteiger partial charge in [0.1, 0.15) is 0 Å². The van der Waals surface area contributed by atoms with Crippen molar-refractivity contribution in [2.45, 2.75) is 31.7 Å². The molecule has 2 rings (SSSR count). The second-order valence-electron chi connectivity index (χ2n) is 4.26. The number of hydrogen-bond acceptors (Lipinski definition) is 6. The predicted molar refractivity (Wildman–Crippen MR) is 61.8 cm³/mol. The van der Waals surface area contributed by atoms with Crippen LogP contribution in [0, 0.1) is 0 Å². The van der Waals surface area contributed by atoms with Gasteiger partial charge in [-0.2, -0.15) is 15.0 Å². The van der Waals surface area contributed by atoms with E-state index in [-0.39, 0.29) is 5.54 Å². The van der Waals surface area contributed by atoms with E-state index in [0.29, 0.717) is 17.9 Å². The van der Waals surface area contributed by atoms with E-state index in [4.69, 9.17) is 4.74 Å². The van der Waals surface area contributed by atoms with Gasteiger partial charge in [-0.25, -0.2) is 0 Å². The van der Waals surface area contributed by atoms with Gasteiger partial charge < -0.3 is 15.4 Å². The van der Waals surface area contributed by atoms with Crippen molar-refractivity contribution in [2.24, 2.45) is 0 Å². The van der Waals surface area contributed by atoms with Crippen molar-refractivity contribution in [1.82, 2.24) is 15.0 Å². The maximum atomic E-state index is 5.02. The van der Waals surface area contributed by atoms with Crippen molar-refractivity contribution in [2.75, 3.05) is 24.8 Å². The molecule has 6 heteroatoms. The molecule has 1 aliphatic rings. The fourth-order valence-electron chi connectivity index (χ4n) is 1.72. The zero-order valence-electron chi connectivity index (χ0n) is 9.87. The van der Waals surface area contributed by atoms with Gasteiger partial charge in [0.25, 0.3) is 0 Å². The van der Waals surface area contributed by atoms with E-state index in [9.17, 15) is 0 Å². The Morgan fingerprint density at radius 3 is 2.38 bits per heavy atom. The third-order valence-corrected chi connectivity index (χ3v) is 2.89. The smallest absolute Gasteiger partial charge is 0.322 e. The van der Waals surface area contributed by atoms with E-state index >= 15 is 0 Å². The van der Waals surface area contributed by atoms with Gasteiger partial charge in [0.05, 0.1) is 7.11 Å². The van der Waals surface area contributed by atoms with Gasteiger partial charge in [-0.1, -0.05) is 0 Å². The predicted octanol–water partition coefficient (Wildman–Crippen LogP) is 1.28. The third-order valence-electron chi connectivity index (χ3n) is 2.89. The molecule has 1 aromatic heterocycles. The van der Waals surface area contributed by atoms with E-state index in [0.717, 1.165) is 12.8 Å². The summed E-state index contributed by atoms with van der Waals surface area (Å²) in [7, 11) is 3.31. The highest BCUT2D eigenvalue weighted by Crippen LogP contribution is 2.34. The molecule has 0 radical (unpaired) electrons. The molecule has 1 aliphatic carbocycles. The zero-order chi connectivity index (χ0) is 11.6. The maximum absolute atomic E-state index is 5.02. The summed E-state index contributed by atoms with van der Waals surface area (Å²) in [5.74, 6) is 1.08. The molecule has 1 saturated carbocycles. The first-order valence-corrected chi connectivity index (χ1v) is 5.41. The summed E-state index contributed by atoms with van der Waals surface area (Å²) >= 11 is 0. The number of aromatic nitrogens is 3. The summed E-state index contributed by atoms with van der Waals surface area (Å²) in [6, 6.07) is 0.324. The molecular weight excluding hydrogens is 206 g/mol. The van der Waals surface area contributed by atoms with Crippen LogP contribution in [0.2, 0.25) is 0 Å². The van der Waals surface area contributed by atoms with Crippen LogP contribution >= 0.6 is 0 Å². The van der Waals surface area contributed by atoms with Gasteiger partial charge in [0.15, 0.2) is 0 Å². The Labute approximate surface area is 94.9 Å². The minimum absolute atomic E-state index is 0.122. The Bertz CT molecular complexity index is 355. The molecule has 1 fully saturated rings. The number of nitrogens with one attached hydrogen (secondary N) is 2. The molecule has 2 N–H and O–H groups in total. The maximum Gasteiger partial charge on any atom is 0.322 e. The Balaban J connectivity index is 2.18. The van der Waals surface area contributed by atoms with Crippen LogP contribution < -0.4 is 15.4 Å². The van der Waals surface area contributed by atoms with Gasteiger partial charge in [0, 0.05) is 12.6 Å². The van der Waals surface area contributed by atoms with Crippen molar-refractivity contribution < 1.29 is 4.74 Å². The van der Waals surface area contributed by atoms with Crippen LogP contribution in [0.1, 0.15) is 26.2 Å². The minimum atomic E-state index is 0.122. The van der Waals surface area contributed by atoms with Crippen molar-refractivity contribution in [3.63, 3.8) is 0 Å². The second kappa shape index (κ2) is 4.11. The molecule has 0 spiro atoms. The average molecular weight is 223 g/mol. The van der Waals surface area contributed by atoms with Crippen molar-refractivity contribution in [1.29, 1.82) is 0 Å². The molecular formula is C10H17N5O. The lowest BCUT2D eigenvalue weighted by Gasteiger charge is -2.39. The molecule has 88 valence electrons. The lowest BCUT2D eigenvalue weighted by atomic mass is 9.79. The first-order chi connectivity index (χ1) is 7.65. The summed E-state index contributed by atoms with van der Waals surface area (Å²) in [5, 5.41) is 6.20. The molecule has 0 saturated heterocycles. The molecule has 0 aromatic carbocycles. The van der Waals surface area contributed by atoms with E-state index in [1.807, 2.05) is 0 Å². The number of rotatable bonds is 4. The Hall–Kier alpha value is -1.59. The topological polar surface area (TPSA) is 72.0 Å². The summed E-state index contributed by atoms with van der Waals surface area (Å²) in [5.41, 5.74) is 0.122. The van der Waals surface area contributed by atoms with Gasteiger partial charge in [0.2, 0.25) is 11.9 Å². The summed E-state index contributed by atoms with van der Waals surface area (Å²) < 4.78 is 5.02. The quantitative estimate of drug-likeness (QED) is 0.801. The first-order valence-electron chi connectivity index (χ1n) is 5.41. The van der Waals surface area contributed by atoms with Crippen molar-refractivity contribution in [3.8, 4) is 6.01 Å². The largest absolute Gasteiger partial charge is 0.467 e. The fourth-order valence-corrected chi connectivity index (χ4v) is 1.72. The molecule has 1 heterocycles. The van der Waals surface area contributed by atoms with Crippen molar-refractivity contribution in [3.05, 3.63) is 0 Å². The normalized spacial score (nSPS) is 17.4. The Morgan fingerprint density at radius 2 is 1.88 bits per heavy atom. The van der Waals surface area contributed by atoms with Gasteiger partial charge in [-0.05, 0) is 26.2 Å². The van der Waals surface area contributed by atoms with E-state index in [1.165, 1.54) is 6.42 Å². The van der Waals surface area contributed by atoms with Crippen LogP contribution in [0.5, 0.6) is 6.01 Å². The highest BCUT2D eigenvalue weighted by atomic mass is 16.5. The van der Waals surface area contributed by atoms with Crippen molar-refractivity contribution >= 4 is 11.9 Å². The monoisotopic (exact) mass is 223 g/mol. The highest BCUT2D eigenvalue weighted by molar-refractivity contribution is 5.38. The van der Waals surface area contributed by atoms with Crippen LogP contribution in [0.25, 0.3) is 0 Å². The zero-order valence-corrected chi connectivity index (χ0v) is 9.87. The third kappa shape index (κ3) is 2.15. The number of ether oxygens (including phenoxy) is 1.